The van der Waals surface area contributed by atoms with Crippen LogP contribution in [0.15, 0.2) is 42.1 Å². The average Bonchev–Trinajstić information content (AvgIpc) is 3.89. The van der Waals surface area contributed by atoms with Gasteiger partial charge in [-0.25, -0.2) is 28.8 Å². The molecule has 358 valence electrons. The van der Waals surface area contributed by atoms with Crippen molar-refractivity contribution >= 4 is 35.8 Å². The van der Waals surface area contributed by atoms with E-state index in [1.165, 1.54) is 14.0 Å². The lowest BCUT2D eigenvalue weighted by molar-refractivity contribution is -0.929. The molecule has 2 aliphatic carbocycles. The van der Waals surface area contributed by atoms with E-state index in [1.807, 2.05) is 46.3 Å². The van der Waals surface area contributed by atoms with Crippen LogP contribution >= 0.6 is 0 Å². The number of quaternary nitrogens is 1. The fraction of sp³-hybridized carbons (Fsp3) is 0.696. The largest absolute Gasteiger partial charge is 0.456 e. The molecular formula is C46H66N5O14+. The molecule has 1 saturated carbocycles. The van der Waals surface area contributed by atoms with Crippen LogP contribution in [0.5, 0.6) is 0 Å². The number of carbonyl (C=O) groups is 6. The van der Waals surface area contributed by atoms with Gasteiger partial charge in [-0.3, -0.25) is 14.3 Å². The van der Waals surface area contributed by atoms with E-state index in [2.05, 4.69) is 19.7 Å². The number of nitrogens with zero attached hydrogens (tertiary/aromatic N) is 4. The van der Waals surface area contributed by atoms with Gasteiger partial charge >= 0.3 is 35.8 Å². The first-order valence-corrected chi connectivity index (χ1v) is 22.8. The first-order chi connectivity index (χ1) is 30.9. The van der Waals surface area contributed by atoms with Crippen LogP contribution in [0.3, 0.4) is 0 Å². The van der Waals surface area contributed by atoms with E-state index in [4.69, 9.17) is 37.9 Å². The Bertz CT molecular complexity index is 1980. The quantitative estimate of drug-likeness (QED) is 0.109. The number of likely N-dealkylation sites (N-methyl/N-ethyl adjacent to an activating group) is 3. The molecule has 2 unspecified atom stereocenters. The predicted octanol–water partition coefficient (Wildman–Crippen LogP) is 1.19. The first-order valence-electron chi connectivity index (χ1n) is 22.8. The number of nitrogens with one attached hydrogen (secondary N) is 1. The minimum Gasteiger partial charge on any atom is -0.456 e. The number of esters is 6. The van der Waals surface area contributed by atoms with E-state index in [1.54, 1.807) is 32.2 Å². The molecule has 6 aliphatic rings. The summed E-state index contributed by atoms with van der Waals surface area (Å²) >= 11 is 0. The maximum atomic E-state index is 14.0. The molecule has 19 heteroatoms. The third kappa shape index (κ3) is 10.2. The molecule has 0 amide bonds. The van der Waals surface area contributed by atoms with Crippen LogP contribution in [0, 0.1) is 29.6 Å². The minimum absolute atomic E-state index is 0.00833. The van der Waals surface area contributed by atoms with E-state index in [0.29, 0.717) is 16.6 Å². The second-order valence-electron chi connectivity index (χ2n) is 19.0. The molecule has 1 spiro atoms. The van der Waals surface area contributed by atoms with Gasteiger partial charge in [-0.2, -0.15) is 0 Å². The summed E-state index contributed by atoms with van der Waals surface area (Å²) in [7, 11) is 7.43. The molecule has 4 bridgehead atoms. The number of methoxy groups -OCH3 is 1. The summed E-state index contributed by atoms with van der Waals surface area (Å²) in [5, 5.41) is 0. The number of aromatic nitrogens is 1. The molecular weight excluding hydrogens is 847 g/mol. The highest BCUT2D eigenvalue weighted by atomic mass is 16.6. The van der Waals surface area contributed by atoms with E-state index in [-0.39, 0.29) is 25.5 Å². The Labute approximate surface area is 380 Å². The van der Waals surface area contributed by atoms with Crippen molar-refractivity contribution < 1.29 is 71.1 Å². The monoisotopic (exact) mass is 912 g/mol. The number of hydrogen-bond acceptors (Lipinski definition) is 17. The number of rotatable bonds is 11. The number of hydrogen-bond donors (Lipinski definition) is 1. The zero-order valence-electron chi connectivity index (χ0n) is 38.8. The van der Waals surface area contributed by atoms with Gasteiger partial charge in [0.1, 0.15) is 48.4 Å². The van der Waals surface area contributed by atoms with Crippen LogP contribution < -0.4 is 0 Å². The molecule has 4 fully saturated rings. The Hall–Kier alpha value is -4.66. The zero-order valence-corrected chi connectivity index (χ0v) is 38.8. The Balaban J connectivity index is 1.15. The van der Waals surface area contributed by atoms with Crippen molar-refractivity contribution in [1.82, 2.24) is 19.7 Å². The van der Waals surface area contributed by atoms with Crippen LogP contribution in [0.1, 0.15) is 44.6 Å². The normalized spacial score (nSPS) is 35.0. The van der Waals surface area contributed by atoms with Crippen molar-refractivity contribution in [3.8, 4) is 0 Å². The predicted molar refractivity (Wildman–Crippen MR) is 229 cm³/mol. The second-order valence-corrected chi connectivity index (χ2v) is 19.0. The average molecular weight is 913 g/mol. The fourth-order valence-electron chi connectivity index (χ4n) is 10.6. The molecule has 0 radical (unpaired) electrons. The van der Waals surface area contributed by atoms with E-state index in [0.717, 1.165) is 52.4 Å². The molecule has 3 saturated heterocycles. The Morgan fingerprint density at radius 2 is 1.62 bits per heavy atom. The van der Waals surface area contributed by atoms with Crippen molar-refractivity contribution in [2.24, 2.45) is 29.6 Å². The number of H-pyrrole nitrogens is 1. The highest BCUT2D eigenvalue weighted by Crippen LogP contribution is 2.62. The zero-order chi connectivity index (χ0) is 46.8. The van der Waals surface area contributed by atoms with Crippen LogP contribution in [0.25, 0.3) is 0 Å². The highest BCUT2D eigenvalue weighted by Gasteiger charge is 2.70. The van der Waals surface area contributed by atoms with Gasteiger partial charge in [0.05, 0.1) is 20.1 Å². The van der Waals surface area contributed by atoms with E-state index >= 15 is 0 Å². The van der Waals surface area contributed by atoms with E-state index < -0.39 is 108 Å². The van der Waals surface area contributed by atoms with Crippen LogP contribution in [0.2, 0.25) is 0 Å². The first kappa shape index (κ1) is 48.3. The molecule has 4 aliphatic heterocycles. The minimum atomic E-state index is -1.29. The number of ether oxygens (including phenoxy) is 8. The molecule has 1 aromatic rings. The summed E-state index contributed by atoms with van der Waals surface area (Å²) in [4.78, 5) is 90.3. The van der Waals surface area contributed by atoms with Gasteiger partial charge in [-0.15, -0.1) is 0 Å². The van der Waals surface area contributed by atoms with E-state index in [9.17, 15) is 28.8 Å². The molecule has 5 heterocycles. The number of aromatic amines is 1. The van der Waals surface area contributed by atoms with Gasteiger partial charge in [0.25, 0.3) is 0 Å². The molecule has 1 aromatic heterocycles. The van der Waals surface area contributed by atoms with Gasteiger partial charge in [-0.1, -0.05) is 32.1 Å². The fourth-order valence-corrected chi connectivity index (χ4v) is 10.6. The third-order valence-electron chi connectivity index (χ3n) is 14.5. The van der Waals surface area contributed by atoms with Crippen molar-refractivity contribution in [3.63, 3.8) is 0 Å². The third-order valence-corrected chi connectivity index (χ3v) is 14.5. The molecule has 19 nitrogen and oxygen atoms in total. The summed E-state index contributed by atoms with van der Waals surface area (Å²) < 4.78 is 48.4. The molecule has 1 N–H and O–H groups in total. The lowest BCUT2D eigenvalue weighted by atomic mass is 9.57. The van der Waals surface area contributed by atoms with Gasteiger partial charge in [0, 0.05) is 88.7 Å². The Morgan fingerprint density at radius 3 is 2.29 bits per heavy atom. The number of carbonyl (C=O) groups excluding carboxylic acids is 6. The van der Waals surface area contributed by atoms with Gasteiger partial charge in [0.15, 0.2) is 6.10 Å². The van der Waals surface area contributed by atoms with Crippen LogP contribution in [-0.4, -0.2) is 203 Å². The van der Waals surface area contributed by atoms with Crippen molar-refractivity contribution in [2.45, 2.75) is 76.3 Å². The summed E-state index contributed by atoms with van der Waals surface area (Å²) in [6.45, 7) is 14.0. The van der Waals surface area contributed by atoms with Gasteiger partial charge in [0.2, 0.25) is 6.73 Å². The second kappa shape index (κ2) is 20.1. The van der Waals surface area contributed by atoms with Crippen molar-refractivity contribution in [3.05, 3.63) is 47.8 Å². The molecule has 65 heavy (non-hydrogen) atoms. The number of piperazine rings is 2. The summed E-state index contributed by atoms with van der Waals surface area (Å²) in [6.07, 6.45) is 1.34. The number of cyclic esters (lactones) is 1. The van der Waals surface area contributed by atoms with Crippen LogP contribution in [-0.2, 0) is 61.9 Å². The smallest absolute Gasteiger partial charge is 0.421 e. The molecule has 0 aromatic carbocycles. The Morgan fingerprint density at radius 1 is 0.923 bits per heavy atom. The highest BCUT2D eigenvalue weighted by molar-refractivity contribution is 6.30. The van der Waals surface area contributed by atoms with Gasteiger partial charge < -0.3 is 47.8 Å². The van der Waals surface area contributed by atoms with Gasteiger partial charge in [-0.05, 0) is 52.1 Å². The summed E-state index contributed by atoms with van der Waals surface area (Å²) in [5.74, 6) is -9.06. The summed E-state index contributed by atoms with van der Waals surface area (Å²) in [6, 6.07) is 3.26. The summed E-state index contributed by atoms with van der Waals surface area (Å²) in [5.41, 5.74) is -0.398. The maximum absolute atomic E-state index is 14.0. The topological polar surface area (TPSA) is 202 Å². The van der Waals surface area contributed by atoms with Crippen LogP contribution in [0.4, 0.5) is 0 Å². The van der Waals surface area contributed by atoms with Crippen molar-refractivity contribution in [1.29, 1.82) is 0 Å². The standard InChI is InChI=1S/C46H65N5O14/c1-27-24-28(2)46-31(25-34(58-8)41(53)62-36(27)30(4)61-44(56)42(54)59-23-20-50-16-14-48(5)15-17-50)11-12-32-35(46)37(29(3)38(39(32)65-46)64-40(52)33-10-9-13-47-33)63-45(57)43(55)60-26-51(7)21-18-49(6)19-22-51/h9-13,24,27,29-32,34-39H,14-23,25-26H2,1-8H3/p+1/b28-24+/t27-,29-,30-,31-,32?,34+,35?,36+,37-,38-,39-,46+/m1/s1. The van der Waals surface area contributed by atoms with Crippen molar-refractivity contribution in [2.75, 3.05) is 100 Å². The lowest BCUT2D eigenvalue weighted by Gasteiger charge is -2.49. The molecule has 7 rings (SSSR count). The SMILES string of the molecule is CO[C@H]1C[C@H]2C=CC3C4[C@H](OC(=O)C(=O)OC[N+]5(C)CCN(C)CC5)[C@@H](C)[C@@H](OC(=O)c5ccc[nH]5)[C@@H]3O[C@]42/C(C)=C/[C@@H](C)[C@@H]([C@@H](C)OC(=O)C(=O)OCCN2CCN(C)CC2)OC1=O. The lowest BCUT2D eigenvalue weighted by Crippen LogP contribution is -2.59. The Kier molecular flexibility index (Phi) is 14.9. The molecule has 12 atom stereocenters. The maximum Gasteiger partial charge on any atom is 0.421 e.